The first-order chi connectivity index (χ1) is 13.3. The Kier molecular flexibility index (Phi) is 4.38. The normalized spacial score (nSPS) is 15.7. The standard InChI is InChI=1S/C21H20BrN5/c22-16-8-9-18-17(10-16)21(15-4-2-1-3-5-15)24-13-20-26-25-19(27(18)20)12-23-11-14-6-7-14/h1-5,8-10,14,23H,6-7,11-13H2. The summed E-state index contributed by atoms with van der Waals surface area (Å²) < 4.78 is 3.20. The van der Waals surface area contributed by atoms with E-state index in [1.165, 1.54) is 12.8 Å². The smallest absolute Gasteiger partial charge is 0.159 e. The van der Waals surface area contributed by atoms with Crippen molar-refractivity contribution < 1.29 is 0 Å². The zero-order chi connectivity index (χ0) is 18.2. The van der Waals surface area contributed by atoms with E-state index in [2.05, 4.69) is 66.3 Å². The minimum atomic E-state index is 0.520. The first-order valence-corrected chi connectivity index (χ1v) is 10.1. The van der Waals surface area contributed by atoms with E-state index in [1.54, 1.807) is 0 Å². The lowest BCUT2D eigenvalue weighted by molar-refractivity contribution is 0.611. The Bertz CT molecular complexity index is 1000. The third kappa shape index (κ3) is 3.35. The summed E-state index contributed by atoms with van der Waals surface area (Å²) in [6.07, 6.45) is 2.69. The molecule has 1 aliphatic carbocycles. The molecule has 1 aromatic heterocycles. The number of fused-ring (bicyclic) bond motifs is 3. The minimum absolute atomic E-state index is 0.520. The number of rotatable bonds is 5. The first-order valence-electron chi connectivity index (χ1n) is 9.33. The molecule has 0 bridgehead atoms. The zero-order valence-electron chi connectivity index (χ0n) is 14.9. The molecule has 0 amide bonds. The number of nitrogens with zero attached hydrogens (tertiary/aromatic N) is 4. The number of halogens is 1. The number of hydrogen-bond acceptors (Lipinski definition) is 4. The van der Waals surface area contributed by atoms with Crippen molar-refractivity contribution in [2.24, 2.45) is 10.9 Å². The van der Waals surface area contributed by atoms with E-state index >= 15 is 0 Å². The van der Waals surface area contributed by atoms with Gasteiger partial charge in [-0.3, -0.25) is 9.56 Å². The van der Waals surface area contributed by atoms with Gasteiger partial charge in [0.1, 0.15) is 6.54 Å². The molecule has 2 aromatic carbocycles. The van der Waals surface area contributed by atoms with E-state index in [4.69, 9.17) is 4.99 Å². The summed E-state index contributed by atoms with van der Waals surface area (Å²) in [7, 11) is 0. The molecule has 2 heterocycles. The molecule has 6 heteroatoms. The van der Waals surface area contributed by atoms with Crippen molar-refractivity contribution in [3.63, 3.8) is 0 Å². The Labute approximate surface area is 166 Å². The van der Waals surface area contributed by atoms with Gasteiger partial charge in [-0.25, -0.2) is 0 Å². The van der Waals surface area contributed by atoms with Gasteiger partial charge in [-0.05, 0) is 43.5 Å². The summed E-state index contributed by atoms with van der Waals surface area (Å²) in [4.78, 5) is 4.90. The molecule has 1 N–H and O–H groups in total. The average Bonchev–Trinajstić information content (AvgIpc) is 3.45. The quantitative estimate of drug-likeness (QED) is 0.679. The molecular formula is C21H20BrN5. The Balaban J connectivity index is 1.58. The molecule has 1 fully saturated rings. The maximum Gasteiger partial charge on any atom is 0.159 e. The topological polar surface area (TPSA) is 55.1 Å². The second-order valence-electron chi connectivity index (χ2n) is 7.13. The lowest BCUT2D eigenvalue weighted by Gasteiger charge is -2.14. The summed E-state index contributed by atoms with van der Waals surface area (Å²) in [5.74, 6) is 2.67. The maximum atomic E-state index is 4.90. The van der Waals surface area contributed by atoms with Gasteiger partial charge in [0.2, 0.25) is 0 Å². The van der Waals surface area contributed by atoms with Crippen LogP contribution in [0.25, 0.3) is 5.69 Å². The summed E-state index contributed by atoms with van der Waals surface area (Å²) in [6.45, 7) is 2.30. The number of nitrogens with one attached hydrogen (secondary N) is 1. The Morgan fingerprint density at radius 3 is 2.74 bits per heavy atom. The molecule has 1 aliphatic heterocycles. The highest BCUT2D eigenvalue weighted by molar-refractivity contribution is 9.10. The molecule has 5 nitrogen and oxygen atoms in total. The average molecular weight is 422 g/mol. The molecule has 0 saturated heterocycles. The first kappa shape index (κ1) is 16.8. The molecular weight excluding hydrogens is 402 g/mol. The second-order valence-corrected chi connectivity index (χ2v) is 8.05. The fraction of sp³-hybridized carbons (Fsp3) is 0.286. The van der Waals surface area contributed by atoms with Crippen molar-refractivity contribution in [1.82, 2.24) is 20.1 Å². The van der Waals surface area contributed by atoms with Crippen molar-refractivity contribution in [1.29, 1.82) is 0 Å². The van der Waals surface area contributed by atoms with Crippen LogP contribution in [-0.4, -0.2) is 27.0 Å². The Morgan fingerprint density at radius 1 is 1.07 bits per heavy atom. The summed E-state index contributed by atoms with van der Waals surface area (Å²) in [6, 6.07) is 16.7. The third-order valence-corrected chi connectivity index (χ3v) is 5.58. The number of aromatic nitrogens is 3. The van der Waals surface area contributed by atoms with Gasteiger partial charge in [-0.1, -0.05) is 46.3 Å². The zero-order valence-corrected chi connectivity index (χ0v) is 16.5. The van der Waals surface area contributed by atoms with Gasteiger partial charge in [-0.15, -0.1) is 10.2 Å². The SMILES string of the molecule is Brc1ccc2c(c1)C(c1ccccc1)=NCc1nnc(CNCC3CC3)n1-2. The van der Waals surface area contributed by atoms with Gasteiger partial charge in [0.15, 0.2) is 11.6 Å². The van der Waals surface area contributed by atoms with Crippen LogP contribution < -0.4 is 5.32 Å². The minimum Gasteiger partial charge on any atom is -0.310 e. The molecule has 0 unspecified atom stereocenters. The second kappa shape index (κ2) is 7.02. The van der Waals surface area contributed by atoms with Crippen molar-refractivity contribution in [3.05, 3.63) is 75.8 Å². The Hall–Kier alpha value is -2.31. The Morgan fingerprint density at radius 2 is 1.93 bits per heavy atom. The molecule has 1 saturated carbocycles. The van der Waals surface area contributed by atoms with Crippen LogP contribution in [0.3, 0.4) is 0 Å². The van der Waals surface area contributed by atoms with Gasteiger partial charge in [0, 0.05) is 15.6 Å². The van der Waals surface area contributed by atoms with Crippen LogP contribution in [0.2, 0.25) is 0 Å². The maximum absolute atomic E-state index is 4.90. The fourth-order valence-electron chi connectivity index (χ4n) is 3.53. The van der Waals surface area contributed by atoms with Gasteiger partial charge in [0.05, 0.1) is 17.9 Å². The van der Waals surface area contributed by atoms with E-state index < -0.39 is 0 Å². The fourth-order valence-corrected chi connectivity index (χ4v) is 3.89. The lowest BCUT2D eigenvalue weighted by atomic mass is 10.0. The van der Waals surface area contributed by atoms with Crippen LogP contribution in [-0.2, 0) is 13.1 Å². The number of benzene rings is 2. The molecule has 0 radical (unpaired) electrons. The van der Waals surface area contributed by atoms with Gasteiger partial charge in [-0.2, -0.15) is 0 Å². The number of hydrogen-bond donors (Lipinski definition) is 1. The monoisotopic (exact) mass is 421 g/mol. The molecule has 0 spiro atoms. The van der Waals surface area contributed by atoms with Gasteiger partial charge in [0.25, 0.3) is 0 Å². The molecule has 0 atom stereocenters. The highest BCUT2D eigenvalue weighted by Crippen LogP contribution is 2.29. The largest absolute Gasteiger partial charge is 0.310 e. The molecule has 2 aliphatic rings. The molecule has 3 aromatic rings. The molecule has 136 valence electrons. The van der Waals surface area contributed by atoms with Crippen LogP contribution in [0.15, 0.2) is 58.0 Å². The predicted octanol–water partition coefficient (Wildman–Crippen LogP) is 3.88. The van der Waals surface area contributed by atoms with Crippen molar-refractivity contribution in [2.45, 2.75) is 25.9 Å². The third-order valence-electron chi connectivity index (χ3n) is 5.09. The van der Waals surface area contributed by atoms with Crippen LogP contribution in [0.1, 0.15) is 35.6 Å². The van der Waals surface area contributed by atoms with E-state index in [-0.39, 0.29) is 0 Å². The summed E-state index contributed by atoms with van der Waals surface area (Å²) >= 11 is 3.62. The van der Waals surface area contributed by atoms with Crippen molar-refractivity contribution in [3.8, 4) is 5.69 Å². The van der Waals surface area contributed by atoms with E-state index in [0.29, 0.717) is 6.54 Å². The lowest BCUT2D eigenvalue weighted by Crippen LogP contribution is -2.20. The summed E-state index contributed by atoms with van der Waals surface area (Å²) in [5.41, 5.74) is 4.29. The van der Waals surface area contributed by atoms with Gasteiger partial charge >= 0.3 is 0 Å². The van der Waals surface area contributed by atoms with E-state index in [1.807, 2.05) is 18.2 Å². The molecule has 27 heavy (non-hydrogen) atoms. The molecule has 5 rings (SSSR count). The highest BCUT2D eigenvalue weighted by atomic mass is 79.9. The number of aliphatic imine (C=N–C) groups is 1. The van der Waals surface area contributed by atoms with Crippen LogP contribution in [0, 0.1) is 5.92 Å². The van der Waals surface area contributed by atoms with Crippen LogP contribution >= 0.6 is 15.9 Å². The van der Waals surface area contributed by atoms with Crippen LogP contribution in [0.4, 0.5) is 0 Å². The predicted molar refractivity (Wildman–Crippen MR) is 109 cm³/mol. The van der Waals surface area contributed by atoms with E-state index in [9.17, 15) is 0 Å². The van der Waals surface area contributed by atoms with Crippen molar-refractivity contribution in [2.75, 3.05) is 6.54 Å². The van der Waals surface area contributed by atoms with Crippen molar-refractivity contribution >= 4 is 21.6 Å². The highest BCUT2D eigenvalue weighted by Gasteiger charge is 2.24. The van der Waals surface area contributed by atoms with Crippen LogP contribution in [0.5, 0.6) is 0 Å². The van der Waals surface area contributed by atoms with Gasteiger partial charge < -0.3 is 5.32 Å². The summed E-state index contributed by atoms with van der Waals surface area (Å²) in [5, 5.41) is 12.4. The van der Waals surface area contributed by atoms with E-state index in [0.717, 1.165) is 57.7 Å².